The molecular weight excluding hydrogens is 783 g/mol. The van der Waals surface area contributed by atoms with Gasteiger partial charge in [0, 0.05) is 6.42 Å². The summed E-state index contributed by atoms with van der Waals surface area (Å²) in [5, 5.41) is 23.1. The first kappa shape index (κ1) is 62.6. The van der Waals surface area contributed by atoms with E-state index in [-0.39, 0.29) is 12.5 Å². The van der Waals surface area contributed by atoms with Gasteiger partial charge in [-0.25, -0.2) is 0 Å². The first-order valence-electron chi connectivity index (χ1n) is 29.2. The quantitative estimate of drug-likeness (QED) is 0.0421. The van der Waals surface area contributed by atoms with Gasteiger partial charge in [0.1, 0.15) is 0 Å². The fourth-order valence-electron chi connectivity index (χ4n) is 9.13. The van der Waals surface area contributed by atoms with Crippen molar-refractivity contribution >= 4 is 5.91 Å². The van der Waals surface area contributed by atoms with E-state index in [4.69, 9.17) is 0 Å². The molecule has 2 unspecified atom stereocenters. The van der Waals surface area contributed by atoms with Crippen molar-refractivity contribution in [2.24, 2.45) is 0 Å². The number of nitrogens with one attached hydrogen (secondary N) is 1. The van der Waals surface area contributed by atoms with Crippen LogP contribution in [0.1, 0.15) is 322 Å². The maximum atomic E-state index is 12.4. The van der Waals surface area contributed by atoms with Crippen LogP contribution in [0.25, 0.3) is 0 Å². The van der Waals surface area contributed by atoms with E-state index >= 15 is 0 Å². The Bertz CT molecular complexity index is 974. The Labute approximate surface area is 402 Å². The van der Waals surface area contributed by atoms with Crippen molar-refractivity contribution in [3.05, 3.63) is 36.5 Å². The molecule has 0 aromatic carbocycles. The summed E-state index contributed by atoms with van der Waals surface area (Å²) in [6, 6.07) is -0.637. The van der Waals surface area contributed by atoms with Gasteiger partial charge in [-0.2, -0.15) is 0 Å². The SMILES string of the molecule is CCCCCCCCCCC/C=C/CC/C=C/C(O)C(CO)NC(=O)CCCCCCCCCCCCCCCCCCC/C=C\CCCCCCCCCCCCCCCCCC. The summed E-state index contributed by atoms with van der Waals surface area (Å²) >= 11 is 0. The number of allylic oxidation sites excluding steroid dienone is 5. The Hall–Kier alpha value is -1.39. The van der Waals surface area contributed by atoms with E-state index in [1.807, 2.05) is 6.08 Å². The first-order valence-corrected chi connectivity index (χ1v) is 29.2. The molecule has 0 heterocycles. The van der Waals surface area contributed by atoms with Gasteiger partial charge in [-0.05, 0) is 57.8 Å². The Kier molecular flexibility index (Phi) is 54.7. The van der Waals surface area contributed by atoms with Crippen LogP contribution in [0.2, 0.25) is 0 Å². The summed E-state index contributed by atoms with van der Waals surface area (Å²) in [7, 11) is 0. The number of carbonyl (C=O) groups excluding carboxylic acids is 1. The molecule has 0 radical (unpaired) electrons. The summed E-state index contributed by atoms with van der Waals surface area (Å²) < 4.78 is 0. The van der Waals surface area contributed by atoms with Crippen LogP contribution in [0.4, 0.5) is 0 Å². The average Bonchev–Trinajstić information content (AvgIpc) is 3.30. The second kappa shape index (κ2) is 55.9. The van der Waals surface area contributed by atoms with Gasteiger partial charge >= 0.3 is 0 Å². The number of amides is 1. The van der Waals surface area contributed by atoms with E-state index in [0.29, 0.717) is 6.42 Å². The van der Waals surface area contributed by atoms with Crippen LogP contribution in [0, 0.1) is 0 Å². The van der Waals surface area contributed by atoms with E-state index in [1.54, 1.807) is 6.08 Å². The van der Waals surface area contributed by atoms with E-state index in [2.05, 4.69) is 43.5 Å². The predicted octanol–water partition coefficient (Wildman–Crippen LogP) is 19.3. The van der Waals surface area contributed by atoms with Crippen molar-refractivity contribution < 1.29 is 15.0 Å². The maximum Gasteiger partial charge on any atom is 0.220 e. The second-order valence-corrected chi connectivity index (χ2v) is 20.1. The summed E-state index contributed by atoms with van der Waals surface area (Å²) in [6.45, 7) is 4.32. The minimum absolute atomic E-state index is 0.0695. The molecule has 4 nitrogen and oxygen atoms in total. The molecule has 0 aliphatic rings. The summed E-state index contributed by atoms with van der Waals surface area (Å²) in [5.41, 5.74) is 0. The average molecular weight is 899 g/mol. The number of hydrogen-bond acceptors (Lipinski definition) is 3. The molecule has 2 atom stereocenters. The van der Waals surface area contributed by atoms with E-state index in [9.17, 15) is 15.0 Å². The third-order valence-electron chi connectivity index (χ3n) is 13.6. The topological polar surface area (TPSA) is 69.6 Å². The summed E-state index contributed by atoms with van der Waals surface area (Å²) in [4.78, 5) is 12.4. The third kappa shape index (κ3) is 51.6. The van der Waals surface area contributed by atoms with Crippen LogP contribution in [-0.2, 0) is 4.79 Å². The van der Waals surface area contributed by atoms with Crippen LogP contribution in [0.5, 0.6) is 0 Å². The molecule has 4 heteroatoms. The zero-order chi connectivity index (χ0) is 46.3. The van der Waals surface area contributed by atoms with Crippen LogP contribution >= 0.6 is 0 Å². The lowest BCUT2D eigenvalue weighted by atomic mass is 10.0. The molecule has 0 rings (SSSR count). The van der Waals surface area contributed by atoms with E-state index in [1.165, 1.54) is 270 Å². The molecule has 0 bridgehead atoms. The molecule has 0 aliphatic carbocycles. The number of unbranched alkanes of at least 4 members (excludes halogenated alkanes) is 43. The van der Waals surface area contributed by atoms with Gasteiger partial charge in [0.15, 0.2) is 0 Å². The Balaban J connectivity index is 3.41. The molecule has 0 aliphatic heterocycles. The normalized spacial score (nSPS) is 13.0. The van der Waals surface area contributed by atoms with Gasteiger partial charge in [-0.15, -0.1) is 0 Å². The number of rotatable bonds is 54. The van der Waals surface area contributed by atoms with Crippen molar-refractivity contribution in [3.8, 4) is 0 Å². The number of hydrogen-bond donors (Lipinski definition) is 3. The van der Waals surface area contributed by atoms with Crippen molar-refractivity contribution in [1.82, 2.24) is 5.32 Å². The van der Waals surface area contributed by atoms with E-state index in [0.717, 1.165) is 32.1 Å². The monoisotopic (exact) mass is 898 g/mol. The highest BCUT2D eigenvalue weighted by molar-refractivity contribution is 5.76. The molecule has 3 N–H and O–H groups in total. The van der Waals surface area contributed by atoms with Gasteiger partial charge in [0.2, 0.25) is 5.91 Å². The van der Waals surface area contributed by atoms with Gasteiger partial charge in [0.25, 0.3) is 0 Å². The van der Waals surface area contributed by atoms with Crippen molar-refractivity contribution in [3.63, 3.8) is 0 Å². The molecule has 0 saturated heterocycles. The van der Waals surface area contributed by atoms with Crippen molar-refractivity contribution in [2.75, 3.05) is 6.61 Å². The molecule has 0 fully saturated rings. The molecule has 1 amide bonds. The standard InChI is InChI=1S/C60H115NO3/c1-3-5-7-9-11-13-15-17-19-20-21-22-23-24-25-26-27-28-29-30-31-32-33-34-35-36-37-38-39-40-42-44-46-48-50-52-54-56-60(64)61-58(57-62)59(63)55-53-51-49-47-45-43-41-18-16-14-12-10-8-6-4-2/h28-29,45,47,53,55,58-59,62-63H,3-27,30-44,46,48-52,54,56-57H2,1-2H3,(H,61,64)/b29-28-,47-45+,55-53+. The lowest BCUT2D eigenvalue weighted by molar-refractivity contribution is -0.123. The van der Waals surface area contributed by atoms with Crippen LogP contribution in [-0.4, -0.2) is 34.9 Å². The van der Waals surface area contributed by atoms with Crippen LogP contribution in [0.3, 0.4) is 0 Å². The molecule has 378 valence electrons. The van der Waals surface area contributed by atoms with Crippen LogP contribution < -0.4 is 5.32 Å². The maximum absolute atomic E-state index is 12.4. The molecule has 0 saturated carbocycles. The predicted molar refractivity (Wildman–Crippen MR) is 285 cm³/mol. The molecule has 0 spiro atoms. The fourth-order valence-corrected chi connectivity index (χ4v) is 9.13. The summed E-state index contributed by atoms with van der Waals surface area (Å²) in [5.74, 6) is -0.0695. The van der Waals surface area contributed by atoms with E-state index < -0.39 is 12.1 Å². The first-order chi connectivity index (χ1) is 31.7. The van der Waals surface area contributed by atoms with Crippen molar-refractivity contribution in [2.45, 2.75) is 334 Å². The van der Waals surface area contributed by atoms with Crippen LogP contribution in [0.15, 0.2) is 36.5 Å². The largest absolute Gasteiger partial charge is 0.394 e. The minimum atomic E-state index is -0.860. The number of aliphatic hydroxyl groups is 2. The number of carbonyl (C=O) groups is 1. The Morgan fingerprint density at radius 3 is 0.906 bits per heavy atom. The minimum Gasteiger partial charge on any atom is -0.394 e. The summed E-state index contributed by atoms with van der Waals surface area (Å²) in [6.07, 6.45) is 76.2. The highest BCUT2D eigenvalue weighted by Crippen LogP contribution is 2.17. The highest BCUT2D eigenvalue weighted by Gasteiger charge is 2.18. The third-order valence-corrected chi connectivity index (χ3v) is 13.6. The highest BCUT2D eigenvalue weighted by atomic mass is 16.3. The van der Waals surface area contributed by atoms with Crippen molar-refractivity contribution in [1.29, 1.82) is 0 Å². The van der Waals surface area contributed by atoms with Gasteiger partial charge in [-0.3, -0.25) is 4.79 Å². The van der Waals surface area contributed by atoms with Gasteiger partial charge in [-0.1, -0.05) is 294 Å². The fraction of sp³-hybridized carbons (Fsp3) is 0.883. The molecule has 0 aromatic rings. The van der Waals surface area contributed by atoms with Gasteiger partial charge in [0.05, 0.1) is 18.8 Å². The zero-order valence-electron chi connectivity index (χ0n) is 43.6. The smallest absolute Gasteiger partial charge is 0.220 e. The zero-order valence-corrected chi connectivity index (χ0v) is 43.6. The molecular formula is C60H115NO3. The number of aliphatic hydroxyl groups excluding tert-OH is 2. The van der Waals surface area contributed by atoms with Gasteiger partial charge < -0.3 is 15.5 Å². The Morgan fingerprint density at radius 2 is 0.609 bits per heavy atom. The lowest BCUT2D eigenvalue weighted by Crippen LogP contribution is -2.45. The molecule has 64 heavy (non-hydrogen) atoms. The lowest BCUT2D eigenvalue weighted by Gasteiger charge is -2.19. The molecule has 0 aromatic heterocycles. The Morgan fingerprint density at radius 1 is 0.359 bits per heavy atom. The second-order valence-electron chi connectivity index (χ2n) is 20.1.